The van der Waals surface area contributed by atoms with Gasteiger partial charge < -0.3 is 10.1 Å². The summed E-state index contributed by atoms with van der Waals surface area (Å²) < 4.78 is 19.6. The third-order valence-corrected chi connectivity index (χ3v) is 4.41. The third-order valence-electron chi connectivity index (χ3n) is 4.41. The number of methoxy groups -OCH3 is 1. The lowest BCUT2D eigenvalue weighted by Gasteiger charge is -2.35. The van der Waals surface area contributed by atoms with Gasteiger partial charge in [0.2, 0.25) is 0 Å². The van der Waals surface area contributed by atoms with E-state index in [1.165, 1.54) is 18.9 Å². The number of nitrogens with zero attached hydrogens (tertiary/aromatic N) is 1. The molecule has 1 aromatic carbocycles. The second-order valence-electron chi connectivity index (χ2n) is 5.87. The topological polar surface area (TPSA) is 24.5 Å². The predicted molar refractivity (Wildman–Crippen MR) is 84.7 cm³/mol. The van der Waals surface area contributed by atoms with Crippen LogP contribution in [-0.4, -0.2) is 38.2 Å². The fraction of sp³-hybridized carbons (Fsp3) is 0.625. The van der Waals surface area contributed by atoms with Crippen LogP contribution in [0.2, 0.25) is 0 Å². The van der Waals surface area contributed by atoms with Crippen LogP contribution in [0, 0.1) is 11.7 Å². The van der Waals surface area contributed by atoms with Crippen LogP contribution in [-0.2, 0) is 0 Å². The molecule has 0 spiro atoms. The van der Waals surface area contributed by atoms with Gasteiger partial charge in [0.1, 0.15) is 11.6 Å². The first kappa shape index (κ1) is 16.5. The molecule has 0 unspecified atom stereocenters. The zero-order valence-corrected chi connectivity index (χ0v) is 13.3. The SMILES string of the molecule is COc1ccc(F)c([C@H](CC2CC2)N2CCNCC2)c1.Cl. The van der Waals surface area contributed by atoms with Crippen LogP contribution < -0.4 is 10.1 Å². The number of nitrogens with one attached hydrogen (secondary N) is 1. The molecule has 1 heterocycles. The Morgan fingerprint density at radius 1 is 1.33 bits per heavy atom. The van der Waals surface area contributed by atoms with Crippen molar-refractivity contribution >= 4 is 12.4 Å². The Hall–Kier alpha value is -0.840. The van der Waals surface area contributed by atoms with Crippen molar-refractivity contribution in [3.63, 3.8) is 0 Å². The van der Waals surface area contributed by atoms with Crippen LogP contribution >= 0.6 is 12.4 Å². The number of rotatable bonds is 5. The number of halogens is 2. The van der Waals surface area contributed by atoms with E-state index in [-0.39, 0.29) is 24.3 Å². The van der Waals surface area contributed by atoms with Gasteiger partial charge in [0.25, 0.3) is 0 Å². The molecule has 2 aliphatic rings. The fourth-order valence-corrected chi connectivity index (χ4v) is 3.04. The number of hydrogen-bond acceptors (Lipinski definition) is 3. The normalized spacial score (nSPS) is 20.7. The van der Waals surface area contributed by atoms with E-state index in [2.05, 4.69) is 10.2 Å². The summed E-state index contributed by atoms with van der Waals surface area (Å²) in [6, 6.07) is 5.31. The van der Waals surface area contributed by atoms with Crippen molar-refractivity contribution in [2.75, 3.05) is 33.3 Å². The maximum Gasteiger partial charge on any atom is 0.128 e. The smallest absolute Gasteiger partial charge is 0.128 e. The molecule has 1 aliphatic carbocycles. The lowest BCUT2D eigenvalue weighted by atomic mass is 9.98. The Morgan fingerprint density at radius 3 is 2.67 bits per heavy atom. The first-order valence-corrected chi connectivity index (χ1v) is 7.56. The summed E-state index contributed by atoms with van der Waals surface area (Å²) in [4.78, 5) is 2.42. The molecule has 1 saturated carbocycles. The van der Waals surface area contributed by atoms with Crippen molar-refractivity contribution in [1.82, 2.24) is 10.2 Å². The average Bonchev–Trinajstić information content (AvgIpc) is 3.31. The summed E-state index contributed by atoms with van der Waals surface area (Å²) in [6.07, 6.45) is 3.67. The van der Waals surface area contributed by atoms with Gasteiger partial charge in [0.15, 0.2) is 0 Å². The Kier molecular flexibility index (Phi) is 5.85. The number of hydrogen-bond donors (Lipinski definition) is 1. The second-order valence-corrected chi connectivity index (χ2v) is 5.87. The minimum atomic E-state index is -0.102. The molecule has 3 rings (SSSR count). The maximum atomic E-state index is 14.3. The molecule has 0 amide bonds. The van der Waals surface area contributed by atoms with Crippen LogP contribution in [0.15, 0.2) is 18.2 Å². The lowest BCUT2D eigenvalue weighted by molar-refractivity contribution is 0.157. The zero-order valence-electron chi connectivity index (χ0n) is 12.5. The second kappa shape index (κ2) is 7.43. The standard InChI is InChI=1S/C16H23FN2O.ClH/c1-20-13-4-5-15(17)14(11-13)16(10-12-2-3-12)19-8-6-18-7-9-19;/h4-5,11-12,16,18H,2-3,6-10H2,1H3;1H/t16-;/m0./s1. The van der Waals surface area contributed by atoms with Crippen molar-refractivity contribution in [3.05, 3.63) is 29.6 Å². The van der Waals surface area contributed by atoms with Gasteiger partial charge in [-0.05, 0) is 30.5 Å². The Balaban J connectivity index is 0.00000161. The predicted octanol–water partition coefficient (Wildman–Crippen LogP) is 3.00. The molecule has 1 aromatic rings. The number of ether oxygens (including phenoxy) is 1. The molecular formula is C16H24ClFN2O. The van der Waals surface area contributed by atoms with Crippen molar-refractivity contribution in [2.24, 2.45) is 5.92 Å². The highest BCUT2D eigenvalue weighted by atomic mass is 35.5. The summed E-state index contributed by atoms with van der Waals surface area (Å²) in [6.45, 7) is 3.97. The molecule has 1 atom stereocenters. The Bertz CT molecular complexity index is 462. The highest BCUT2D eigenvalue weighted by Crippen LogP contribution is 2.41. The van der Waals surface area contributed by atoms with E-state index in [1.807, 2.05) is 6.07 Å². The van der Waals surface area contributed by atoms with Crippen LogP contribution in [0.25, 0.3) is 0 Å². The highest BCUT2D eigenvalue weighted by molar-refractivity contribution is 5.85. The third kappa shape index (κ3) is 4.09. The van der Waals surface area contributed by atoms with Gasteiger partial charge in [-0.25, -0.2) is 4.39 Å². The molecule has 1 aliphatic heterocycles. The summed E-state index contributed by atoms with van der Waals surface area (Å²) in [7, 11) is 1.64. The van der Waals surface area contributed by atoms with Gasteiger partial charge in [-0.2, -0.15) is 0 Å². The lowest BCUT2D eigenvalue weighted by Crippen LogP contribution is -2.45. The van der Waals surface area contributed by atoms with E-state index in [9.17, 15) is 4.39 Å². The molecular weight excluding hydrogens is 291 g/mol. The minimum absolute atomic E-state index is 0. The quantitative estimate of drug-likeness (QED) is 0.904. The van der Waals surface area contributed by atoms with E-state index < -0.39 is 0 Å². The molecule has 118 valence electrons. The molecule has 5 heteroatoms. The van der Waals surface area contributed by atoms with Crippen LogP contribution in [0.3, 0.4) is 0 Å². The van der Waals surface area contributed by atoms with E-state index in [0.717, 1.165) is 49.8 Å². The van der Waals surface area contributed by atoms with Crippen molar-refractivity contribution in [1.29, 1.82) is 0 Å². The molecule has 1 N–H and O–H groups in total. The summed E-state index contributed by atoms with van der Waals surface area (Å²) in [5.41, 5.74) is 0.804. The Labute approximate surface area is 132 Å². The van der Waals surface area contributed by atoms with E-state index in [4.69, 9.17) is 4.74 Å². The first-order chi connectivity index (χ1) is 9.78. The van der Waals surface area contributed by atoms with Gasteiger partial charge in [-0.3, -0.25) is 4.90 Å². The molecule has 0 bridgehead atoms. The minimum Gasteiger partial charge on any atom is -0.497 e. The van der Waals surface area contributed by atoms with Crippen LogP contribution in [0.1, 0.15) is 30.9 Å². The monoisotopic (exact) mass is 314 g/mol. The summed E-state index contributed by atoms with van der Waals surface area (Å²) >= 11 is 0. The fourth-order valence-electron chi connectivity index (χ4n) is 3.04. The maximum absolute atomic E-state index is 14.3. The molecule has 0 aromatic heterocycles. The molecule has 1 saturated heterocycles. The number of piperazine rings is 1. The molecule has 3 nitrogen and oxygen atoms in total. The van der Waals surface area contributed by atoms with Crippen molar-refractivity contribution in [3.8, 4) is 5.75 Å². The molecule has 2 fully saturated rings. The largest absolute Gasteiger partial charge is 0.497 e. The van der Waals surface area contributed by atoms with Crippen molar-refractivity contribution in [2.45, 2.75) is 25.3 Å². The number of benzene rings is 1. The van der Waals surface area contributed by atoms with Gasteiger partial charge in [0.05, 0.1) is 7.11 Å². The molecule has 0 radical (unpaired) electrons. The van der Waals surface area contributed by atoms with Crippen LogP contribution in [0.5, 0.6) is 5.75 Å². The van der Waals surface area contributed by atoms with E-state index >= 15 is 0 Å². The van der Waals surface area contributed by atoms with Crippen molar-refractivity contribution < 1.29 is 9.13 Å². The van der Waals surface area contributed by atoms with Crippen LogP contribution in [0.4, 0.5) is 4.39 Å². The van der Waals surface area contributed by atoms with Gasteiger partial charge in [-0.15, -0.1) is 12.4 Å². The van der Waals surface area contributed by atoms with E-state index in [1.54, 1.807) is 13.2 Å². The highest BCUT2D eigenvalue weighted by Gasteiger charge is 2.32. The van der Waals surface area contributed by atoms with Gasteiger partial charge >= 0.3 is 0 Å². The summed E-state index contributed by atoms with van der Waals surface area (Å²) in [5, 5.41) is 3.37. The Morgan fingerprint density at radius 2 is 2.05 bits per heavy atom. The zero-order chi connectivity index (χ0) is 13.9. The average molecular weight is 315 g/mol. The summed E-state index contributed by atoms with van der Waals surface area (Å²) in [5.74, 6) is 1.42. The van der Waals surface area contributed by atoms with Gasteiger partial charge in [-0.1, -0.05) is 12.8 Å². The van der Waals surface area contributed by atoms with Gasteiger partial charge in [0, 0.05) is 37.8 Å². The first-order valence-electron chi connectivity index (χ1n) is 7.56. The van der Waals surface area contributed by atoms with E-state index in [0.29, 0.717) is 0 Å². The molecule has 21 heavy (non-hydrogen) atoms.